The van der Waals surface area contributed by atoms with E-state index < -0.39 is 0 Å². The molecule has 1 unspecified atom stereocenters. The Labute approximate surface area is 82.3 Å². The molecule has 80 valence electrons. The third-order valence-corrected chi connectivity index (χ3v) is 3.12. The maximum atomic E-state index is 9.21. The Bertz CT molecular complexity index is 137. The Morgan fingerprint density at radius 1 is 1.15 bits per heavy atom. The summed E-state index contributed by atoms with van der Waals surface area (Å²) in [5.74, 6) is 0. The maximum Gasteiger partial charge on any atom is 0.0623 e. The number of ether oxygens (including phenoxy) is 1. The van der Waals surface area contributed by atoms with Gasteiger partial charge < -0.3 is 9.84 Å². The first-order valence-corrected chi connectivity index (χ1v) is 5.05. The molecule has 0 rings (SSSR count). The Kier molecular flexibility index (Phi) is 4.93. The molecule has 0 saturated heterocycles. The minimum atomic E-state index is -0.0639. The van der Waals surface area contributed by atoms with Crippen LogP contribution in [-0.4, -0.2) is 24.4 Å². The predicted octanol–water partition coefficient (Wildman–Crippen LogP) is 2.60. The third-order valence-electron chi connectivity index (χ3n) is 3.12. The number of aliphatic hydroxyl groups is 1. The van der Waals surface area contributed by atoms with Crippen LogP contribution < -0.4 is 0 Å². The van der Waals surface area contributed by atoms with E-state index in [0.29, 0.717) is 0 Å². The fourth-order valence-electron chi connectivity index (χ4n) is 1.07. The van der Waals surface area contributed by atoms with Crippen molar-refractivity contribution in [3.8, 4) is 0 Å². The quantitative estimate of drug-likeness (QED) is 0.694. The second-order valence-electron chi connectivity index (χ2n) is 4.79. The minimum Gasteiger partial charge on any atom is -0.396 e. The van der Waals surface area contributed by atoms with Gasteiger partial charge in [0.2, 0.25) is 0 Å². The summed E-state index contributed by atoms with van der Waals surface area (Å²) in [6.45, 7) is 8.68. The summed E-state index contributed by atoms with van der Waals surface area (Å²) in [5, 5.41) is 9.21. The molecule has 0 spiro atoms. The van der Waals surface area contributed by atoms with E-state index in [1.807, 2.05) is 0 Å². The van der Waals surface area contributed by atoms with Gasteiger partial charge in [0, 0.05) is 13.7 Å². The number of hydrogen-bond donors (Lipinski definition) is 1. The van der Waals surface area contributed by atoms with Crippen LogP contribution >= 0.6 is 0 Å². The molecule has 0 saturated carbocycles. The second-order valence-corrected chi connectivity index (χ2v) is 4.79. The van der Waals surface area contributed by atoms with E-state index in [0.717, 1.165) is 19.3 Å². The van der Waals surface area contributed by atoms with Crippen LogP contribution in [0.2, 0.25) is 0 Å². The normalized spacial score (nSPS) is 17.1. The largest absolute Gasteiger partial charge is 0.396 e. The van der Waals surface area contributed by atoms with E-state index in [1.54, 1.807) is 7.11 Å². The molecule has 0 radical (unpaired) electrons. The molecule has 2 nitrogen and oxygen atoms in total. The highest BCUT2D eigenvalue weighted by molar-refractivity contribution is 4.77. The van der Waals surface area contributed by atoms with Gasteiger partial charge in [0.25, 0.3) is 0 Å². The zero-order chi connectivity index (χ0) is 10.5. The summed E-state index contributed by atoms with van der Waals surface area (Å²) in [5.41, 5.74) is 0.00139. The smallest absolute Gasteiger partial charge is 0.0623 e. The number of methoxy groups -OCH3 is 1. The average Bonchev–Trinajstić information content (AvgIpc) is 2.14. The van der Waals surface area contributed by atoms with Gasteiger partial charge in [-0.2, -0.15) is 0 Å². The number of rotatable bonds is 6. The average molecular weight is 188 g/mol. The summed E-state index contributed by atoms with van der Waals surface area (Å²) in [4.78, 5) is 0. The molecule has 0 aliphatic heterocycles. The fraction of sp³-hybridized carbons (Fsp3) is 1.00. The van der Waals surface area contributed by atoms with Gasteiger partial charge in [-0.1, -0.05) is 13.8 Å². The lowest BCUT2D eigenvalue weighted by Crippen LogP contribution is -2.28. The number of hydrogen-bond acceptors (Lipinski definition) is 2. The summed E-state index contributed by atoms with van der Waals surface area (Å²) >= 11 is 0. The van der Waals surface area contributed by atoms with Crippen LogP contribution in [0.25, 0.3) is 0 Å². The van der Waals surface area contributed by atoms with Crippen LogP contribution in [0.4, 0.5) is 0 Å². The molecule has 0 aromatic heterocycles. The second kappa shape index (κ2) is 4.97. The summed E-state index contributed by atoms with van der Waals surface area (Å²) < 4.78 is 5.34. The SMILES string of the molecule is CCC(C)(CO)CCC(C)(C)OC. The minimum absolute atomic E-state index is 0.0639. The molecule has 0 aliphatic carbocycles. The van der Waals surface area contributed by atoms with Crippen LogP contribution in [0, 0.1) is 5.41 Å². The summed E-state index contributed by atoms with van der Waals surface area (Å²) in [6, 6.07) is 0. The molecule has 13 heavy (non-hydrogen) atoms. The lowest BCUT2D eigenvalue weighted by molar-refractivity contribution is -0.00162. The van der Waals surface area contributed by atoms with Crippen LogP contribution in [0.1, 0.15) is 47.0 Å². The van der Waals surface area contributed by atoms with E-state index >= 15 is 0 Å². The first-order valence-electron chi connectivity index (χ1n) is 5.05. The number of aliphatic hydroxyl groups excluding tert-OH is 1. The van der Waals surface area contributed by atoms with Crippen LogP contribution in [0.5, 0.6) is 0 Å². The zero-order valence-corrected chi connectivity index (χ0v) is 9.68. The van der Waals surface area contributed by atoms with E-state index in [9.17, 15) is 5.11 Å². The molecule has 0 aromatic rings. The van der Waals surface area contributed by atoms with E-state index in [4.69, 9.17) is 4.74 Å². The van der Waals surface area contributed by atoms with E-state index in [1.165, 1.54) is 0 Å². The molecular formula is C11H24O2. The molecule has 1 N–H and O–H groups in total. The van der Waals surface area contributed by atoms with Gasteiger partial charge in [-0.15, -0.1) is 0 Å². The van der Waals surface area contributed by atoms with Crippen LogP contribution in [0.3, 0.4) is 0 Å². The van der Waals surface area contributed by atoms with Crippen LogP contribution in [-0.2, 0) is 4.74 Å². The van der Waals surface area contributed by atoms with Gasteiger partial charge in [0.1, 0.15) is 0 Å². The summed E-state index contributed by atoms with van der Waals surface area (Å²) in [7, 11) is 1.74. The Morgan fingerprint density at radius 3 is 2.00 bits per heavy atom. The van der Waals surface area contributed by atoms with Gasteiger partial charge in [0.15, 0.2) is 0 Å². The van der Waals surface area contributed by atoms with Crippen molar-refractivity contribution >= 4 is 0 Å². The lowest BCUT2D eigenvalue weighted by atomic mass is 9.81. The molecule has 0 fully saturated rings. The molecule has 0 aromatic carbocycles. The Balaban J connectivity index is 3.99. The topological polar surface area (TPSA) is 29.5 Å². The van der Waals surface area contributed by atoms with Crippen molar-refractivity contribution < 1.29 is 9.84 Å². The fourth-order valence-corrected chi connectivity index (χ4v) is 1.07. The van der Waals surface area contributed by atoms with Crippen molar-refractivity contribution in [1.29, 1.82) is 0 Å². The highest BCUT2D eigenvalue weighted by Gasteiger charge is 2.25. The zero-order valence-electron chi connectivity index (χ0n) is 9.68. The lowest BCUT2D eigenvalue weighted by Gasteiger charge is -2.31. The Hall–Kier alpha value is -0.0800. The van der Waals surface area contributed by atoms with Gasteiger partial charge in [-0.05, 0) is 38.5 Å². The van der Waals surface area contributed by atoms with E-state index in [-0.39, 0.29) is 17.6 Å². The molecule has 0 amide bonds. The van der Waals surface area contributed by atoms with Crippen molar-refractivity contribution in [1.82, 2.24) is 0 Å². The van der Waals surface area contributed by atoms with Crippen LogP contribution in [0.15, 0.2) is 0 Å². The molecule has 0 aliphatic rings. The van der Waals surface area contributed by atoms with Gasteiger partial charge in [-0.25, -0.2) is 0 Å². The van der Waals surface area contributed by atoms with Crippen molar-refractivity contribution in [2.75, 3.05) is 13.7 Å². The standard InChI is InChI=1S/C11H24O2/c1-6-11(4,9-12)8-7-10(2,3)13-5/h12H,6-9H2,1-5H3. The predicted molar refractivity (Wildman–Crippen MR) is 55.8 cm³/mol. The van der Waals surface area contributed by atoms with Gasteiger partial charge in [-0.3, -0.25) is 0 Å². The first-order chi connectivity index (χ1) is 5.89. The van der Waals surface area contributed by atoms with Gasteiger partial charge >= 0.3 is 0 Å². The third kappa shape index (κ3) is 4.63. The first kappa shape index (κ1) is 12.9. The summed E-state index contributed by atoms with van der Waals surface area (Å²) in [6.07, 6.45) is 3.03. The molecule has 1 atom stereocenters. The monoisotopic (exact) mass is 188 g/mol. The van der Waals surface area contributed by atoms with Crippen molar-refractivity contribution in [3.05, 3.63) is 0 Å². The molecular weight excluding hydrogens is 164 g/mol. The molecule has 0 heterocycles. The Morgan fingerprint density at radius 2 is 1.69 bits per heavy atom. The van der Waals surface area contributed by atoms with E-state index in [2.05, 4.69) is 27.7 Å². The van der Waals surface area contributed by atoms with Gasteiger partial charge in [0.05, 0.1) is 5.60 Å². The maximum absolute atomic E-state index is 9.21. The molecule has 0 bridgehead atoms. The highest BCUT2D eigenvalue weighted by Crippen LogP contribution is 2.30. The highest BCUT2D eigenvalue weighted by atomic mass is 16.5. The van der Waals surface area contributed by atoms with Crippen molar-refractivity contribution in [2.45, 2.75) is 52.6 Å². The molecule has 2 heteroatoms. The van der Waals surface area contributed by atoms with Crippen molar-refractivity contribution in [2.24, 2.45) is 5.41 Å². The van der Waals surface area contributed by atoms with Crippen molar-refractivity contribution in [3.63, 3.8) is 0 Å².